The van der Waals surface area contributed by atoms with Crippen LogP contribution in [0.25, 0.3) is 0 Å². The Labute approximate surface area is 116 Å². The molecule has 0 fully saturated rings. The molecule has 1 heterocycles. The molecule has 0 amide bonds. The predicted octanol–water partition coefficient (Wildman–Crippen LogP) is 0.675. The molecule has 2 aromatic rings. The van der Waals surface area contributed by atoms with Gasteiger partial charge in [-0.3, -0.25) is 5.10 Å². The molecule has 0 aliphatic heterocycles. The zero-order valence-corrected chi connectivity index (χ0v) is 11.5. The van der Waals surface area contributed by atoms with E-state index in [1.807, 2.05) is 0 Å². The molecule has 0 saturated carbocycles. The van der Waals surface area contributed by atoms with Crippen molar-refractivity contribution in [2.24, 2.45) is 0 Å². The van der Waals surface area contributed by atoms with Crippen molar-refractivity contribution in [1.29, 1.82) is 0 Å². The molecule has 0 spiro atoms. The minimum Gasteiger partial charge on any atom is -0.465 e. The van der Waals surface area contributed by atoms with E-state index in [4.69, 9.17) is 0 Å². The van der Waals surface area contributed by atoms with E-state index in [0.29, 0.717) is 5.69 Å². The molecule has 8 heteroatoms. The lowest BCUT2D eigenvalue weighted by atomic mass is 10.2. The van der Waals surface area contributed by atoms with Crippen LogP contribution in [0, 0.1) is 0 Å². The maximum atomic E-state index is 12.2. The van der Waals surface area contributed by atoms with Gasteiger partial charge in [0.1, 0.15) is 0 Å². The molecule has 0 unspecified atom stereocenters. The number of nitrogens with zero attached hydrogens (tertiary/aromatic N) is 1. The number of hydrogen-bond donors (Lipinski definition) is 2. The number of nitrogens with one attached hydrogen (secondary N) is 2. The first kappa shape index (κ1) is 14.2. The standard InChI is InChI=1S/C12H13N3O4S/c1-19-12(16)10-4-2-3-5-11(10)20(17,18)14-8-9-6-7-13-15-9/h2-7,14H,8H2,1H3,(H,13,15). The molecular formula is C12H13N3O4S. The van der Waals surface area contributed by atoms with E-state index in [9.17, 15) is 13.2 Å². The highest BCUT2D eigenvalue weighted by Gasteiger charge is 2.22. The molecule has 2 N–H and O–H groups in total. The normalized spacial score (nSPS) is 11.2. The van der Waals surface area contributed by atoms with Crippen molar-refractivity contribution in [3.05, 3.63) is 47.8 Å². The van der Waals surface area contributed by atoms with Gasteiger partial charge in [-0.15, -0.1) is 0 Å². The Bertz CT molecular complexity index is 695. The van der Waals surface area contributed by atoms with Crippen LogP contribution in [0.4, 0.5) is 0 Å². The number of carbonyl (C=O) groups is 1. The zero-order chi connectivity index (χ0) is 14.6. The van der Waals surface area contributed by atoms with Crippen molar-refractivity contribution in [3.63, 3.8) is 0 Å². The van der Waals surface area contributed by atoms with Gasteiger partial charge >= 0.3 is 5.97 Å². The van der Waals surface area contributed by atoms with Crippen LogP contribution in [0.5, 0.6) is 0 Å². The Balaban J connectivity index is 2.27. The lowest BCUT2D eigenvalue weighted by molar-refractivity contribution is 0.0596. The van der Waals surface area contributed by atoms with E-state index in [0.717, 1.165) is 0 Å². The second-order valence-electron chi connectivity index (χ2n) is 3.89. The number of ether oxygens (including phenoxy) is 1. The van der Waals surface area contributed by atoms with Gasteiger partial charge in [0.25, 0.3) is 0 Å². The first-order valence-electron chi connectivity index (χ1n) is 5.70. The predicted molar refractivity (Wildman–Crippen MR) is 70.4 cm³/mol. The van der Waals surface area contributed by atoms with Gasteiger partial charge in [0, 0.05) is 6.20 Å². The van der Waals surface area contributed by atoms with Crippen molar-refractivity contribution in [1.82, 2.24) is 14.9 Å². The first-order chi connectivity index (χ1) is 9.54. The third-order valence-corrected chi connectivity index (χ3v) is 4.05. The molecule has 0 saturated heterocycles. The number of H-pyrrole nitrogens is 1. The van der Waals surface area contributed by atoms with Gasteiger partial charge in [0.2, 0.25) is 10.0 Å². The number of aromatic nitrogens is 2. The molecule has 0 bridgehead atoms. The minimum atomic E-state index is -3.82. The maximum Gasteiger partial charge on any atom is 0.339 e. The fourth-order valence-corrected chi connectivity index (χ4v) is 2.81. The molecule has 0 aliphatic carbocycles. The molecule has 0 aliphatic rings. The summed E-state index contributed by atoms with van der Waals surface area (Å²) in [7, 11) is -2.62. The second kappa shape index (κ2) is 5.85. The monoisotopic (exact) mass is 295 g/mol. The molecule has 1 aromatic heterocycles. The summed E-state index contributed by atoms with van der Waals surface area (Å²) < 4.78 is 31.4. The van der Waals surface area contributed by atoms with E-state index in [2.05, 4.69) is 19.7 Å². The van der Waals surface area contributed by atoms with Gasteiger partial charge in [-0.25, -0.2) is 17.9 Å². The molecule has 106 valence electrons. The average molecular weight is 295 g/mol. The van der Waals surface area contributed by atoms with Crippen molar-refractivity contribution >= 4 is 16.0 Å². The lowest BCUT2D eigenvalue weighted by Crippen LogP contribution is -2.25. The van der Waals surface area contributed by atoms with Crippen LogP contribution in [-0.4, -0.2) is 31.7 Å². The summed E-state index contributed by atoms with van der Waals surface area (Å²) in [4.78, 5) is 11.5. The summed E-state index contributed by atoms with van der Waals surface area (Å²) in [6.07, 6.45) is 1.52. The van der Waals surface area contributed by atoms with Crippen molar-refractivity contribution < 1.29 is 17.9 Å². The fourth-order valence-electron chi connectivity index (χ4n) is 1.61. The molecule has 0 radical (unpaired) electrons. The average Bonchev–Trinajstić information content (AvgIpc) is 2.98. The number of benzene rings is 1. The molecule has 1 aromatic carbocycles. The van der Waals surface area contributed by atoms with Crippen molar-refractivity contribution in [2.45, 2.75) is 11.4 Å². The number of aromatic amines is 1. The minimum absolute atomic E-state index is 0.00730. The summed E-state index contributed by atoms with van der Waals surface area (Å²) in [5.41, 5.74) is 0.608. The topological polar surface area (TPSA) is 101 Å². The zero-order valence-electron chi connectivity index (χ0n) is 10.7. The highest BCUT2D eigenvalue weighted by molar-refractivity contribution is 7.89. The number of sulfonamides is 1. The quantitative estimate of drug-likeness (QED) is 0.790. The summed E-state index contributed by atoms with van der Waals surface area (Å²) in [6, 6.07) is 7.50. The van der Waals surface area contributed by atoms with Gasteiger partial charge in [-0.05, 0) is 18.2 Å². The SMILES string of the molecule is COC(=O)c1ccccc1S(=O)(=O)NCc1ccn[nH]1. The van der Waals surface area contributed by atoms with E-state index in [-0.39, 0.29) is 17.0 Å². The fraction of sp³-hybridized carbons (Fsp3) is 0.167. The smallest absolute Gasteiger partial charge is 0.339 e. The number of methoxy groups -OCH3 is 1. The van der Waals surface area contributed by atoms with Crippen LogP contribution in [0.15, 0.2) is 41.4 Å². The maximum absolute atomic E-state index is 12.2. The molecule has 2 rings (SSSR count). The number of rotatable bonds is 5. The molecule has 0 atom stereocenters. The summed E-state index contributed by atoms with van der Waals surface area (Å²) in [5, 5.41) is 6.36. The van der Waals surface area contributed by atoms with E-state index in [1.165, 1.54) is 31.5 Å². The number of hydrogen-bond acceptors (Lipinski definition) is 5. The van der Waals surface area contributed by atoms with Crippen molar-refractivity contribution in [3.8, 4) is 0 Å². The Morgan fingerprint density at radius 3 is 2.75 bits per heavy atom. The first-order valence-corrected chi connectivity index (χ1v) is 7.18. The second-order valence-corrected chi connectivity index (χ2v) is 5.63. The molecular weight excluding hydrogens is 282 g/mol. The highest BCUT2D eigenvalue weighted by atomic mass is 32.2. The van der Waals surface area contributed by atoms with Crippen LogP contribution in [0.1, 0.15) is 16.1 Å². The Morgan fingerprint density at radius 2 is 2.10 bits per heavy atom. The highest BCUT2D eigenvalue weighted by Crippen LogP contribution is 2.16. The third-order valence-electron chi connectivity index (χ3n) is 2.59. The number of carbonyl (C=O) groups excluding carboxylic acids is 1. The third kappa shape index (κ3) is 3.03. The van der Waals surface area contributed by atoms with Crippen LogP contribution < -0.4 is 4.72 Å². The summed E-state index contributed by atoms with van der Waals surface area (Å²) >= 11 is 0. The van der Waals surface area contributed by atoms with Crippen LogP contribution in [0.2, 0.25) is 0 Å². The van der Waals surface area contributed by atoms with Crippen LogP contribution in [-0.2, 0) is 21.3 Å². The van der Waals surface area contributed by atoms with Crippen LogP contribution in [0.3, 0.4) is 0 Å². The molecule has 20 heavy (non-hydrogen) atoms. The van der Waals surface area contributed by atoms with Gasteiger partial charge < -0.3 is 4.74 Å². The van der Waals surface area contributed by atoms with Gasteiger partial charge in [-0.2, -0.15) is 5.10 Å². The van der Waals surface area contributed by atoms with E-state index < -0.39 is 16.0 Å². The Kier molecular flexibility index (Phi) is 4.16. The van der Waals surface area contributed by atoms with E-state index in [1.54, 1.807) is 12.1 Å². The van der Waals surface area contributed by atoms with Gasteiger partial charge in [0.05, 0.1) is 29.8 Å². The lowest BCUT2D eigenvalue weighted by Gasteiger charge is -2.09. The summed E-state index contributed by atoms with van der Waals surface area (Å²) in [5.74, 6) is -0.701. The number of esters is 1. The van der Waals surface area contributed by atoms with Gasteiger partial charge in [-0.1, -0.05) is 12.1 Å². The van der Waals surface area contributed by atoms with Crippen molar-refractivity contribution in [2.75, 3.05) is 7.11 Å². The summed E-state index contributed by atoms with van der Waals surface area (Å²) in [6.45, 7) is 0.0534. The molecule has 7 nitrogen and oxygen atoms in total. The largest absolute Gasteiger partial charge is 0.465 e. The van der Waals surface area contributed by atoms with E-state index >= 15 is 0 Å². The van der Waals surface area contributed by atoms with Crippen LogP contribution >= 0.6 is 0 Å². The van der Waals surface area contributed by atoms with Gasteiger partial charge in [0.15, 0.2) is 0 Å². The Morgan fingerprint density at radius 1 is 1.35 bits per heavy atom. The Hall–Kier alpha value is -2.19.